The first-order valence-corrected chi connectivity index (χ1v) is 12.9. The molecule has 1 saturated heterocycles. The number of hydrogen-bond donors (Lipinski definition) is 1. The molecule has 2 heterocycles. The Kier molecular flexibility index (Phi) is 6.40. The van der Waals surface area contributed by atoms with Crippen molar-refractivity contribution in [2.45, 2.75) is 70.2 Å². The van der Waals surface area contributed by atoms with Gasteiger partial charge in [-0.1, -0.05) is 30.3 Å². The summed E-state index contributed by atoms with van der Waals surface area (Å²) in [5.74, 6) is -0.167. The van der Waals surface area contributed by atoms with Crippen molar-refractivity contribution in [1.29, 1.82) is 5.26 Å². The third kappa shape index (κ3) is 5.04. The number of aryl methyl sites for hydroxylation is 1. The Labute approximate surface area is 217 Å². The average Bonchev–Trinajstić information content (AvgIpc) is 3.57. The van der Waals surface area contributed by atoms with E-state index < -0.39 is 23.8 Å². The van der Waals surface area contributed by atoms with Crippen molar-refractivity contribution in [3.05, 3.63) is 54.2 Å². The van der Waals surface area contributed by atoms with Gasteiger partial charge in [0, 0.05) is 24.9 Å². The van der Waals surface area contributed by atoms with Crippen LogP contribution >= 0.6 is 0 Å². The predicted octanol–water partition coefficient (Wildman–Crippen LogP) is 4.58. The number of nitriles is 1. The number of nitrogens with one attached hydrogen (secondary N) is 1. The van der Waals surface area contributed by atoms with Crippen LogP contribution in [0.5, 0.6) is 0 Å². The summed E-state index contributed by atoms with van der Waals surface area (Å²) < 4.78 is 7.44. The van der Waals surface area contributed by atoms with Gasteiger partial charge in [-0.25, -0.2) is 4.79 Å². The molecule has 0 radical (unpaired) electrons. The number of benzene rings is 2. The summed E-state index contributed by atoms with van der Waals surface area (Å²) in [6, 6.07) is 15.3. The summed E-state index contributed by atoms with van der Waals surface area (Å²) in [5, 5.41) is 18.1. The van der Waals surface area contributed by atoms with Gasteiger partial charge in [0.1, 0.15) is 17.7 Å². The molecule has 1 aliphatic heterocycles. The first kappa shape index (κ1) is 24.8. The summed E-state index contributed by atoms with van der Waals surface area (Å²) in [7, 11) is 1.92. The number of carbonyl (C=O) groups excluding carboxylic acids is 2. The maximum Gasteiger partial charge on any atom is 0.411 e. The summed E-state index contributed by atoms with van der Waals surface area (Å²) >= 11 is 0. The molecule has 2 bridgehead atoms. The normalized spacial score (nSPS) is 21.6. The van der Waals surface area contributed by atoms with E-state index in [0.29, 0.717) is 6.42 Å². The van der Waals surface area contributed by atoms with E-state index in [-0.39, 0.29) is 17.9 Å². The number of nitrogens with zero attached hydrogens (tertiary/aromatic N) is 4. The van der Waals surface area contributed by atoms with Crippen LogP contribution in [0.1, 0.15) is 45.6 Å². The summed E-state index contributed by atoms with van der Waals surface area (Å²) in [5.41, 5.74) is 3.56. The van der Waals surface area contributed by atoms with Gasteiger partial charge >= 0.3 is 6.09 Å². The third-order valence-corrected chi connectivity index (χ3v) is 7.40. The van der Waals surface area contributed by atoms with Crippen LogP contribution in [0.4, 0.5) is 4.79 Å². The van der Waals surface area contributed by atoms with Crippen LogP contribution in [-0.4, -0.2) is 50.4 Å². The molecule has 0 spiro atoms. The van der Waals surface area contributed by atoms with Crippen molar-refractivity contribution in [3.8, 4) is 17.2 Å². The fraction of sp³-hybridized carbons (Fsp3) is 0.448. The third-order valence-electron chi connectivity index (χ3n) is 7.40. The summed E-state index contributed by atoms with van der Waals surface area (Å²) in [4.78, 5) is 27.8. The first-order chi connectivity index (χ1) is 17.6. The zero-order chi connectivity index (χ0) is 26.3. The molecule has 5 rings (SSSR count). The Morgan fingerprint density at radius 3 is 2.59 bits per heavy atom. The van der Waals surface area contributed by atoms with E-state index in [4.69, 9.17) is 4.74 Å². The molecular formula is C29H33N5O3. The molecule has 8 heteroatoms. The second-order valence-corrected chi connectivity index (χ2v) is 11.2. The molecule has 1 aliphatic carbocycles. The van der Waals surface area contributed by atoms with Gasteiger partial charge < -0.3 is 10.1 Å². The van der Waals surface area contributed by atoms with Gasteiger partial charge in [-0.3, -0.25) is 14.4 Å². The van der Waals surface area contributed by atoms with Crippen LogP contribution in [0.15, 0.2) is 48.7 Å². The van der Waals surface area contributed by atoms with Crippen molar-refractivity contribution >= 4 is 22.9 Å². The standard InChI is InChI=1S/C29H33N5O3/c1-29(2,3)37-28(36)34-24-11-9-21(15-24)26(34)27(35)32-23(16-30)13-18-5-7-19(8-6-18)20-10-12-25-22(14-20)17-31-33(25)4/h5-8,10,12,14,17,21,23-24,26H,9,11,13,15H2,1-4H3,(H,32,35)/t21-,23-,24+,26-/m0/s1. The van der Waals surface area contributed by atoms with E-state index in [1.807, 2.05) is 63.0 Å². The maximum atomic E-state index is 13.3. The van der Waals surface area contributed by atoms with Crippen LogP contribution in [-0.2, 0) is 23.0 Å². The van der Waals surface area contributed by atoms with Crippen LogP contribution in [0, 0.1) is 17.2 Å². The van der Waals surface area contributed by atoms with E-state index in [0.717, 1.165) is 46.9 Å². The molecule has 2 aliphatic rings. The lowest BCUT2D eigenvalue weighted by atomic mass is 9.97. The number of fused-ring (bicyclic) bond motifs is 3. The Morgan fingerprint density at radius 2 is 1.89 bits per heavy atom. The highest BCUT2D eigenvalue weighted by molar-refractivity contribution is 5.88. The number of rotatable bonds is 5. The second-order valence-electron chi connectivity index (χ2n) is 11.2. The van der Waals surface area contributed by atoms with E-state index >= 15 is 0 Å². The quantitative estimate of drug-likeness (QED) is 0.554. The fourth-order valence-electron chi connectivity index (χ4n) is 5.70. The summed E-state index contributed by atoms with van der Waals surface area (Å²) in [6.07, 6.45) is 4.39. The molecule has 2 amide bonds. The van der Waals surface area contributed by atoms with Crippen molar-refractivity contribution in [2.24, 2.45) is 13.0 Å². The predicted molar refractivity (Wildman–Crippen MR) is 140 cm³/mol. The molecule has 0 unspecified atom stereocenters. The molecule has 1 saturated carbocycles. The van der Waals surface area contributed by atoms with E-state index in [2.05, 4.69) is 34.7 Å². The monoisotopic (exact) mass is 499 g/mol. The van der Waals surface area contributed by atoms with Gasteiger partial charge in [-0.15, -0.1) is 0 Å². The van der Waals surface area contributed by atoms with Crippen molar-refractivity contribution < 1.29 is 14.3 Å². The SMILES string of the molecule is Cn1ncc2cc(-c3ccc(C[C@@H](C#N)NC(=O)[C@@H]4[C@H]5CC[C@H](C5)N4C(=O)OC(C)(C)C)cc3)ccc21. The van der Waals surface area contributed by atoms with E-state index in [1.165, 1.54) is 0 Å². The lowest BCUT2D eigenvalue weighted by Gasteiger charge is -2.35. The lowest BCUT2D eigenvalue weighted by molar-refractivity contribution is -0.128. The molecular weight excluding hydrogens is 466 g/mol. The van der Waals surface area contributed by atoms with Gasteiger partial charge in [0.2, 0.25) is 5.91 Å². The van der Waals surface area contributed by atoms with E-state index in [1.54, 1.807) is 4.90 Å². The van der Waals surface area contributed by atoms with Gasteiger partial charge in [0.05, 0.1) is 17.8 Å². The number of hydrogen-bond acceptors (Lipinski definition) is 5. The smallest absolute Gasteiger partial charge is 0.411 e. The van der Waals surface area contributed by atoms with Gasteiger partial charge in [-0.2, -0.15) is 10.4 Å². The average molecular weight is 500 g/mol. The van der Waals surface area contributed by atoms with Crippen molar-refractivity contribution in [2.75, 3.05) is 0 Å². The molecule has 3 aromatic rings. The van der Waals surface area contributed by atoms with Crippen LogP contribution in [0.25, 0.3) is 22.0 Å². The highest BCUT2D eigenvalue weighted by atomic mass is 16.6. The topological polar surface area (TPSA) is 100 Å². The molecule has 37 heavy (non-hydrogen) atoms. The molecule has 2 aromatic carbocycles. The number of amides is 2. The van der Waals surface area contributed by atoms with Crippen molar-refractivity contribution in [3.63, 3.8) is 0 Å². The highest BCUT2D eigenvalue weighted by Gasteiger charge is 2.52. The molecule has 1 N–H and O–H groups in total. The number of carbonyl (C=O) groups is 2. The van der Waals surface area contributed by atoms with Gasteiger partial charge in [-0.05, 0) is 74.8 Å². The van der Waals surface area contributed by atoms with Crippen LogP contribution in [0.2, 0.25) is 0 Å². The maximum absolute atomic E-state index is 13.3. The Morgan fingerprint density at radius 1 is 1.16 bits per heavy atom. The number of aromatic nitrogens is 2. The van der Waals surface area contributed by atoms with Crippen LogP contribution in [0.3, 0.4) is 0 Å². The largest absolute Gasteiger partial charge is 0.444 e. The van der Waals surface area contributed by atoms with E-state index in [9.17, 15) is 14.9 Å². The minimum atomic E-state index is -0.690. The number of piperidine rings is 1. The minimum Gasteiger partial charge on any atom is -0.444 e. The summed E-state index contributed by atoms with van der Waals surface area (Å²) in [6.45, 7) is 5.47. The molecule has 1 aromatic heterocycles. The van der Waals surface area contributed by atoms with Gasteiger partial charge in [0.15, 0.2) is 0 Å². The Hall–Kier alpha value is -3.86. The minimum absolute atomic E-state index is 0.0227. The number of likely N-dealkylation sites (tertiary alicyclic amines) is 1. The highest BCUT2D eigenvalue weighted by Crippen LogP contribution is 2.43. The molecule has 2 fully saturated rings. The zero-order valence-electron chi connectivity index (χ0n) is 21.8. The zero-order valence-corrected chi connectivity index (χ0v) is 21.8. The fourth-order valence-corrected chi connectivity index (χ4v) is 5.70. The van der Waals surface area contributed by atoms with Gasteiger partial charge in [0.25, 0.3) is 0 Å². The first-order valence-electron chi connectivity index (χ1n) is 12.9. The number of ether oxygens (including phenoxy) is 1. The van der Waals surface area contributed by atoms with Crippen LogP contribution < -0.4 is 5.32 Å². The Balaban J connectivity index is 1.25. The molecule has 192 valence electrons. The van der Waals surface area contributed by atoms with Crippen molar-refractivity contribution in [1.82, 2.24) is 20.0 Å². The molecule has 8 nitrogen and oxygen atoms in total. The Bertz CT molecular complexity index is 1360. The lowest BCUT2D eigenvalue weighted by Crippen LogP contribution is -2.55. The second kappa shape index (κ2) is 9.55. The molecule has 4 atom stereocenters.